The minimum atomic E-state index is -1.90. The van der Waals surface area contributed by atoms with Crippen LogP contribution in [0.3, 0.4) is 0 Å². The van der Waals surface area contributed by atoms with Crippen molar-refractivity contribution in [2.24, 2.45) is 0 Å². The summed E-state index contributed by atoms with van der Waals surface area (Å²) in [4.78, 5) is 51.1. The van der Waals surface area contributed by atoms with Crippen LogP contribution in [-0.4, -0.2) is 89.2 Å². The van der Waals surface area contributed by atoms with Crippen molar-refractivity contribution in [2.45, 2.75) is 340 Å². The zero-order chi connectivity index (χ0) is 54.7. The van der Waals surface area contributed by atoms with Gasteiger partial charge in [0.1, 0.15) is 18.8 Å². The predicted molar refractivity (Wildman–Crippen MR) is 303 cm³/mol. The molecule has 0 radical (unpaired) electrons. The molecule has 1 aliphatic rings. The Bertz CT molecular complexity index is 1400. The number of esters is 3. The molecule has 438 valence electrons. The van der Waals surface area contributed by atoms with E-state index >= 15 is 0 Å². The smallest absolute Gasteiger partial charge is 0.335 e. The lowest BCUT2D eigenvalue weighted by Crippen LogP contribution is -2.61. The van der Waals surface area contributed by atoms with E-state index in [1.807, 2.05) is 0 Å². The molecule has 0 spiro atoms. The van der Waals surface area contributed by atoms with E-state index in [0.29, 0.717) is 19.3 Å². The van der Waals surface area contributed by atoms with Gasteiger partial charge in [0.15, 0.2) is 24.6 Å². The van der Waals surface area contributed by atoms with E-state index in [-0.39, 0.29) is 25.9 Å². The molecule has 0 saturated carbocycles. The average molecular weight is 1060 g/mol. The Morgan fingerprint density at radius 2 is 0.800 bits per heavy atom. The third-order valence-electron chi connectivity index (χ3n) is 14.5. The summed E-state index contributed by atoms with van der Waals surface area (Å²) in [5, 5.41) is 31.5. The number of allylic oxidation sites excluding steroid dienone is 4. The van der Waals surface area contributed by atoms with Crippen molar-refractivity contribution in [3.8, 4) is 0 Å². The van der Waals surface area contributed by atoms with Crippen LogP contribution >= 0.6 is 0 Å². The van der Waals surface area contributed by atoms with Crippen LogP contribution in [0.1, 0.15) is 303 Å². The molecule has 3 N–H and O–H groups in total. The zero-order valence-corrected chi connectivity index (χ0v) is 48.3. The van der Waals surface area contributed by atoms with E-state index < -0.39 is 67.3 Å². The number of carbonyl (C=O) groups is 4. The number of aliphatic carboxylic acids is 1. The van der Waals surface area contributed by atoms with Crippen molar-refractivity contribution in [1.29, 1.82) is 0 Å². The SMILES string of the molecule is CCCCC/C=C\C/C=C\CCCCCCCCCCCC(=O)OCC(COC1OC(C(=O)O)C(O)C(O)C1OC(=O)CCCCCCCCCCCCCCCCCCC)OC(=O)CCCCCCCCCCC. The summed E-state index contributed by atoms with van der Waals surface area (Å²) < 4.78 is 28.4. The van der Waals surface area contributed by atoms with Crippen LogP contribution in [0.15, 0.2) is 24.3 Å². The van der Waals surface area contributed by atoms with E-state index in [0.717, 1.165) is 70.6 Å². The lowest BCUT2D eigenvalue weighted by atomic mass is 9.98. The highest BCUT2D eigenvalue weighted by atomic mass is 16.7. The molecule has 0 aliphatic carbocycles. The molecular weight excluding hydrogens is 949 g/mol. The summed E-state index contributed by atoms with van der Waals surface area (Å²) >= 11 is 0. The standard InChI is InChI=1S/C63H114O12/c1-4-7-10-13-16-19-21-23-25-27-28-30-31-33-35-38-40-43-46-49-55(64)71-52-54(73-56(65)50-47-44-41-37-18-15-12-9-6-3)53-72-63-61(59(68)58(67)60(75-63)62(69)70)74-57(66)51-48-45-42-39-36-34-32-29-26-24-22-20-17-14-11-8-5-2/h16,19,23,25,54,58-61,63,67-68H,4-15,17-18,20-22,24,26-53H2,1-3H3,(H,69,70)/b19-16-,25-23-. The van der Waals surface area contributed by atoms with Gasteiger partial charge in [-0.2, -0.15) is 0 Å². The second kappa shape index (κ2) is 51.9. The number of aliphatic hydroxyl groups is 2. The summed E-state index contributed by atoms with van der Waals surface area (Å²) in [5.41, 5.74) is 0. The number of carbonyl (C=O) groups excluding carboxylic acids is 3. The highest BCUT2D eigenvalue weighted by molar-refractivity contribution is 5.74. The maximum absolute atomic E-state index is 13.1. The maximum atomic E-state index is 13.1. The molecule has 12 nitrogen and oxygen atoms in total. The Morgan fingerprint density at radius 3 is 1.23 bits per heavy atom. The van der Waals surface area contributed by atoms with E-state index in [9.17, 15) is 34.5 Å². The van der Waals surface area contributed by atoms with Gasteiger partial charge in [0, 0.05) is 19.3 Å². The Balaban J connectivity index is 2.59. The molecule has 12 heteroatoms. The first-order chi connectivity index (χ1) is 36.6. The molecule has 0 aromatic rings. The number of unbranched alkanes of at least 4 members (excludes halogenated alkanes) is 36. The fourth-order valence-corrected chi connectivity index (χ4v) is 9.69. The lowest BCUT2D eigenvalue weighted by Gasteiger charge is -2.40. The van der Waals surface area contributed by atoms with Gasteiger partial charge >= 0.3 is 23.9 Å². The van der Waals surface area contributed by atoms with Gasteiger partial charge in [0.2, 0.25) is 0 Å². The number of carboxylic acid groups (broad SMARTS) is 1. The van der Waals surface area contributed by atoms with Gasteiger partial charge in [0.05, 0.1) is 6.61 Å². The Hall–Kier alpha value is -2.80. The van der Waals surface area contributed by atoms with Crippen LogP contribution in [0.4, 0.5) is 0 Å². The molecule has 75 heavy (non-hydrogen) atoms. The first-order valence-electron chi connectivity index (χ1n) is 31.3. The molecule has 0 aromatic heterocycles. The number of carboxylic acids is 1. The van der Waals surface area contributed by atoms with Crippen LogP contribution in [0.2, 0.25) is 0 Å². The quantitative estimate of drug-likeness (QED) is 0.0228. The Labute approximate surface area is 458 Å². The second-order valence-electron chi connectivity index (χ2n) is 21.7. The summed E-state index contributed by atoms with van der Waals surface area (Å²) in [6.45, 7) is 5.98. The van der Waals surface area contributed by atoms with Gasteiger partial charge in [-0.05, 0) is 51.4 Å². The molecular formula is C63H114O12. The van der Waals surface area contributed by atoms with Crippen LogP contribution in [0.5, 0.6) is 0 Å². The topological polar surface area (TPSA) is 175 Å². The minimum absolute atomic E-state index is 0.0677. The monoisotopic (exact) mass is 1060 g/mol. The number of hydrogen-bond donors (Lipinski definition) is 3. The largest absolute Gasteiger partial charge is 0.479 e. The van der Waals surface area contributed by atoms with E-state index in [4.69, 9.17) is 23.7 Å². The second-order valence-corrected chi connectivity index (χ2v) is 21.7. The van der Waals surface area contributed by atoms with Crippen molar-refractivity contribution in [2.75, 3.05) is 13.2 Å². The highest BCUT2D eigenvalue weighted by Gasteiger charge is 2.50. The highest BCUT2D eigenvalue weighted by Crippen LogP contribution is 2.27. The van der Waals surface area contributed by atoms with Gasteiger partial charge in [-0.25, -0.2) is 4.79 Å². The van der Waals surface area contributed by atoms with Crippen molar-refractivity contribution in [3.05, 3.63) is 24.3 Å². The van der Waals surface area contributed by atoms with E-state index in [2.05, 4.69) is 45.1 Å². The van der Waals surface area contributed by atoms with Crippen LogP contribution in [0.25, 0.3) is 0 Å². The van der Waals surface area contributed by atoms with Crippen LogP contribution in [-0.2, 0) is 42.9 Å². The predicted octanol–water partition coefficient (Wildman–Crippen LogP) is 16.2. The average Bonchev–Trinajstić information content (AvgIpc) is 3.39. The fraction of sp³-hybridized carbons (Fsp3) is 0.873. The molecule has 0 bridgehead atoms. The molecule has 0 aromatic carbocycles. The van der Waals surface area contributed by atoms with E-state index in [1.54, 1.807) is 0 Å². The van der Waals surface area contributed by atoms with Gasteiger partial charge in [-0.1, -0.05) is 257 Å². The molecule has 1 fully saturated rings. The Morgan fingerprint density at radius 1 is 0.440 bits per heavy atom. The first-order valence-corrected chi connectivity index (χ1v) is 31.3. The molecule has 1 heterocycles. The number of ether oxygens (including phenoxy) is 5. The first kappa shape index (κ1) is 70.2. The summed E-state index contributed by atoms with van der Waals surface area (Å²) in [6.07, 6.45) is 47.3. The summed E-state index contributed by atoms with van der Waals surface area (Å²) in [5.74, 6) is -3.09. The molecule has 6 atom stereocenters. The molecule has 1 aliphatic heterocycles. The van der Waals surface area contributed by atoms with E-state index in [1.165, 1.54) is 173 Å². The summed E-state index contributed by atoms with van der Waals surface area (Å²) in [7, 11) is 0. The maximum Gasteiger partial charge on any atom is 0.335 e. The van der Waals surface area contributed by atoms with Crippen molar-refractivity contribution < 1.29 is 58.2 Å². The number of rotatable bonds is 54. The van der Waals surface area contributed by atoms with Crippen molar-refractivity contribution in [3.63, 3.8) is 0 Å². The third-order valence-corrected chi connectivity index (χ3v) is 14.5. The van der Waals surface area contributed by atoms with Crippen molar-refractivity contribution in [1.82, 2.24) is 0 Å². The molecule has 0 amide bonds. The lowest BCUT2D eigenvalue weighted by molar-refractivity contribution is -0.301. The number of aliphatic hydroxyl groups excluding tert-OH is 2. The van der Waals surface area contributed by atoms with Gasteiger partial charge in [-0.15, -0.1) is 0 Å². The zero-order valence-electron chi connectivity index (χ0n) is 48.3. The normalized spacial score (nSPS) is 18.2. The van der Waals surface area contributed by atoms with Crippen LogP contribution < -0.4 is 0 Å². The molecule has 6 unspecified atom stereocenters. The third kappa shape index (κ3) is 41.9. The molecule has 1 rings (SSSR count). The van der Waals surface area contributed by atoms with Gasteiger partial charge in [-0.3, -0.25) is 14.4 Å². The number of hydrogen-bond acceptors (Lipinski definition) is 11. The van der Waals surface area contributed by atoms with Crippen LogP contribution in [0, 0.1) is 0 Å². The van der Waals surface area contributed by atoms with Gasteiger partial charge < -0.3 is 39.0 Å². The summed E-state index contributed by atoms with van der Waals surface area (Å²) in [6, 6.07) is 0. The molecule has 1 saturated heterocycles. The van der Waals surface area contributed by atoms with Gasteiger partial charge in [0.25, 0.3) is 0 Å². The van der Waals surface area contributed by atoms with Crippen molar-refractivity contribution >= 4 is 23.9 Å². The fourth-order valence-electron chi connectivity index (χ4n) is 9.69. The minimum Gasteiger partial charge on any atom is -0.479 e. The Kier molecular flexibility index (Phi) is 48.6.